The summed E-state index contributed by atoms with van der Waals surface area (Å²) in [5.74, 6) is -0.760. The Morgan fingerprint density at radius 3 is 2.58 bits per heavy atom. The van der Waals surface area contributed by atoms with Gasteiger partial charge in [-0.2, -0.15) is 0 Å². The van der Waals surface area contributed by atoms with Gasteiger partial charge in [0.1, 0.15) is 11.6 Å². The summed E-state index contributed by atoms with van der Waals surface area (Å²) in [7, 11) is 0. The van der Waals surface area contributed by atoms with Gasteiger partial charge in [0.15, 0.2) is 0 Å². The Morgan fingerprint density at radius 2 is 1.89 bits per heavy atom. The second kappa shape index (κ2) is 5.68. The van der Waals surface area contributed by atoms with Crippen molar-refractivity contribution in [3.05, 3.63) is 69.7 Å². The first-order valence-corrected chi connectivity index (χ1v) is 6.30. The van der Waals surface area contributed by atoms with E-state index < -0.39 is 5.82 Å². The van der Waals surface area contributed by atoms with Gasteiger partial charge in [0.25, 0.3) is 0 Å². The Bertz CT molecular complexity index is 599. The molecule has 0 heterocycles. The largest absolute Gasteiger partial charge is 0.324 e. The van der Waals surface area contributed by atoms with E-state index in [1.54, 1.807) is 12.1 Å². The molecule has 0 saturated heterocycles. The molecule has 1 atom stereocenters. The SMILES string of the molecule is Cc1ccc(F)cc1CC(N)c1ccc(F)c(Cl)c1. The van der Waals surface area contributed by atoms with E-state index in [1.807, 2.05) is 6.92 Å². The third kappa shape index (κ3) is 3.31. The van der Waals surface area contributed by atoms with E-state index >= 15 is 0 Å². The predicted molar refractivity (Wildman–Crippen MR) is 73.2 cm³/mol. The molecule has 0 aliphatic heterocycles. The highest BCUT2D eigenvalue weighted by molar-refractivity contribution is 6.30. The Labute approximate surface area is 116 Å². The number of benzene rings is 2. The summed E-state index contributed by atoms with van der Waals surface area (Å²) in [6.07, 6.45) is 0.478. The minimum atomic E-state index is -0.473. The molecule has 0 amide bonds. The lowest BCUT2D eigenvalue weighted by molar-refractivity contribution is 0.619. The van der Waals surface area contributed by atoms with Crippen molar-refractivity contribution in [2.75, 3.05) is 0 Å². The summed E-state index contributed by atoms with van der Waals surface area (Å²) in [6, 6.07) is 8.65. The van der Waals surface area contributed by atoms with Crippen molar-refractivity contribution in [2.24, 2.45) is 5.73 Å². The molecule has 100 valence electrons. The number of hydrogen-bond donors (Lipinski definition) is 1. The summed E-state index contributed by atoms with van der Waals surface area (Å²) >= 11 is 5.73. The molecule has 0 fully saturated rings. The van der Waals surface area contributed by atoms with Crippen molar-refractivity contribution in [3.8, 4) is 0 Å². The van der Waals surface area contributed by atoms with Crippen LogP contribution in [0.4, 0.5) is 8.78 Å². The van der Waals surface area contributed by atoms with E-state index in [-0.39, 0.29) is 16.9 Å². The van der Waals surface area contributed by atoms with Crippen molar-refractivity contribution >= 4 is 11.6 Å². The van der Waals surface area contributed by atoms with E-state index in [4.69, 9.17) is 17.3 Å². The monoisotopic (exact) mass is 281 g/mol. The van der Waals surface area contributed by atoms with Crippen molar-refractivity contribution in [1.82, 2.24) is 0 Å². The molecule has 0 aliphatic rings. The quantitative estimate of drug-likeness (QED) is 0.898. The Balaban J connectivity index is 2.22. The van der Waals surface area contributed by atoms with Gasteiger partial charge >= 0.3 is 0 Å². The van der Waals surface area contributed by atoms with Crippen LogP contribution in [0.5, 0.6) is 0 Å². The van der Waals surface area contributed by atoms with E-state index in [1.165, 1.54) is 24.3 Å². The maximum absolute atomic E-state index is 13.2. The maximum Gasteiger partial charge on any atom is 0.141 e. The fourth-order valence-corrected chi connectivity index (χ4v) is 2.15. The van der Waals surface area contributed by atoms with Crippen LogP contribution < -0.4 is 5.73 Å². The van der Waals surface area contributed by atoms with Crippen LogP contribution in [0.15, 0.2) is 36.4 Å². The van der Waals surface area contributed by atoms with Crippen molar-refractivity contribution < 1.29 is 8.78 Å². The molecular formula is C15H14ClF2N. The van der Waals surface area contributed by atoms with Crippen molar-refractivity contribution in [3.63, 3.8) is 0 Å². The summed E-state index contributed by atoms with van der Waals surface area (Å²) in [6.45, 7) is 1.90. The highest BCUT2D eigenvalue weighted by atomic mass is 35.5. The Morgan fingerprint density at radius 1 is 1.16 bits per heavy atom. The predicted octanol–water partition coefficient (Wildman–Crippen LogP) is 4.17. The maximum atomic E-state index is 13.2. The Hall–Kier alpha value is -1.45. The van der Waals surface area contributed by atoms with Crippen LogP contribution in [-0.2, 0) is 6.42 Å². The standard InChI is InChI=1S/C15H14ClF2N/c1-9-2-4-12(17)6-11(9)8-15(19)10-3-5-14(18)13(16)7-10/h2-7,15H,8,19H2,1H3. The number of rotatable bonds is 3. The normalized spacial score (nSPS) is 12.5. The summed E-state index contributed by atoms with van der Waals surface area (Å²) in [5, 5.41) is 0.0453. The molecule has 1 nitrogen and oxygen atoms in total. The first-order chi connectivity index (χ1) is 8.97. The highest BCUT2D eigenvalue weighted by Crippen LogP contribution is 2.23. The number of nitrogens with two attached hydrogens (primary N) is 1. The first kappa shape index (κ1) is 14.0. The second-order valence-electron chi connectivity index (χ2n) is 4.55. The molecule has 0 aromatic heterocycles. The lowest BCUT2D eigenvalue weighted by Gasteiger charge is -2.14. The van der Waals surface area contributed by atoms with E-state index in [0.717, 1.165) is 16.7 Å². The lowest BCUT2D eigenvalue weighted by Crippen LogP contribution is -2.14. The van der Waals surface area contributed by atoms with Gasteiger partial charge in [0.2, 0.25) is 0 Å². The molecule has 1 unspecified atom stereocenters. The summed E-state index contributed by atoms with van der Waals surface area (Å²) in [4.78, 5) is 0. The highest BCUT2D eigenvalue weighted by Gasteiger charge is 2.11. The minimum absolute atomic E-state index is 0.0453. The molecule has 4 heteroatoms. The van der Waals surface area contributed by atoms with E-state index in [2.05, 4.69) is 0 Å². The number of halogens is 3. The fourth-order valence-electron chi connectivity index (χ4n) is 1.96. The second-order valence-corrected chi connectivity index (χ2v) is 4.96. The van der Waals surface area contributed by atoms with Gasteiger partial charge in [0.05, 0.1) is 5.02 Å². The van der Waals surface area contributed by atoms with Crippen molar-refractivity contribution in [2.45, 2.75) is 19.4 Å². The molecule has 19 heavy (non-hydrogen) atoms. The smallest absolute Gasteiger partial charge is 0.141 e. The van der Waals surface area contributed by atoms with Gasteiger partial charge < -0.3 is 5.73 Å². The van der Waals surface area contributed by atoms with Crippen LogP contribution in [0, 0.1) is 18.6 Å². The van der Waals surface area contributed by atoms with Crippen LogP contribution in [0.1, 0.15) is 22.7 Å². The third-order valence-electron chi connectivity index (χ3n) is 3.12. The van der Waals surface area contributed by atoms with E-state index in [9.17, 15) is 8.78 Å². The van der Waals surface area contributed by atoms with Gasteiger partial charge in [0, 0.05) is 6.04 Å². The Kier molecular flexibility index (Phi) is 4.17. The molecule has 2 aromatic rings. The van der Waals surface area contributed by atoms with Crippen LogP contribution in [0.2, 0.25) is 5.02 Å². The average Bonchev–Trinajstić information content (AvgIpc) is 2.37. The number of hydrogen-bond acceptors (Lipinski definition) is 1. The van der Waals surface area contributed by atoms with Gasteiger partial charge in [-0.05, 0) is 54.3 Å². The molecule has 0 saturated carbocycles. The molecule has 2 aromatic carbocycles. The van der Waals surface area contributed by atoms with Gasteiger partial charge in [-0.15, -0.1) is 0 Å². The van der Waals surface area contributed by atoms with Crippen molar-refractivity contribution in [1.29, 1.82) is 0 Å². The number of aryl methyl sites for hydroxylation is 1. The topological polar surface area (TPSA) is 26.0 Å². The average molecular weight is 282 g/mol. The first-order valence-electron chi connectivity index (χ1n) is 5.93. The molecule has 2 rings (SSSR count). The lowest BCUT2D eigenvalue weighted by atomic mass is 9.96. The van der Waals surface area contributed by atoms with Crippen LogP contribution >= 0.6 is 11.6 Å². The zero-order valence-corrected chi connectivity index (χ0v) is 11.2. The van der Waals surface area contributed by atoms with Gasteiger partial charge in [-0.3, -0.25) is 0 Å². The van der Waals surface area contributed by atoms with Gasteiger partial charge in [-0.1, -0.05) is 23.7 Å². The zero-order valence-electron chi connectivity index (χ0n) is 10.5. The van der Waals surface area contributed by atoms with Gasteiger partial charge in [-0.25, -0.2) is 8.78 Å². The summed E-state index contributed by atoms with van der Waals surface area (Å²) in [5.41, 5.74) is 8.61. The molecule has 0 bridgehead atoms. The molecule has 0 spiro atoms. The molecule has 0 aliphatic carbocycles. The third-order valence-corrected chi connectivity index (χ3v) is 3.41. The molecule has 0 radical (unpaired) electrons. The van der Waals surface area contributed by atoms with Crippen LogP contribution in [0.25, 0.3) is 0 Å². The molecule has 2 N–H and O–H groups in total. The fraction of sp³-hybridized carbons (Fsp3) is 0.200. The molecular weight excluding hydrogens is 268 g/mol. The van der Waals surface area contributed by atoms with E-state index in [0.29, 0.717) is 6.42 Å². The summed E-state index contributed by atoms with van der Waals surface area (Å²) < 4.78 is 26.3. The van der Waals surface area contributed by atoms with Crippen LogP contribution in [0.3, 0.4) is 0 Å². The van der Waals surface area contributed by atoms with Crippen LogP contribution in [-0.4, -0.2) is 0 Å². The minimum Gasteiger partial charge on any atom is -0.324 e. The zero-order chi connectivity index (χ0) is 14.0.